The smallest absolute Gasteiger partial charge is 0.271 e. The summed E-state index contributed by atoms with van der Waals surface area (Å²) in [6, 6.07) is 18.1. The maximum atomic E-state index is 13.8. The van der Waals surface area contributed by atoms with Crippen molar-refractivity contribution in [1.82, 2.24) is 4.57 Å². The normalized spacial score (nSPS) is 17.0. The van der Waals surface area contributed by atoms with Gasteiger partial charge in [0.1, 0.15) is 11.5 Å². The fourth-order valence-corrected chi connectivity index (χ4v) is 6.64. The molecule has 1 unspecified atom stereocenters. The molecule has 0 bridgehead atoms. The second-order valence-electron chi connectivity index (χ2n) is 8.24. The molecule has 1 aliphatic carbocycles. The Hall–Kier alpha value is -3.42. The van der Waals surface area contributed by atoms with Gasteiger partial charge < -0.3 is 9.47 Å². The van der Waals surface area contributed by atoms with Crippen molar-refractivity contribution >= 4 is 34.4 Å². The Labute approximate surface area is 204 Å². The van der Waals surface area contributed by atoms with Crippen LogP contribution in [-0.4, -0.2) is 18.8 Å². The summed E-state index contributed by atoms with van der Waals surface area (Å²) in [5, 5.41) is 2.07. The summed E-state index contributed by atoms with van der Waals surface area (Å²) in [6.45, 7) is 0. The quantitative estimate of drug-likeness (QED) is 0.430. The molecule has 2 aliphatic rings. The SMILES string of the molecule is COc1ccc(/C=c2\sc3n(c2=O)C(c2cccs2)C2=C(N=3)c3ccccc3CC2)c(OC)c1. The van der Waals surface area contributed by atoms with E-state index < -0.39 is 0 Å². The van der Waals surface area contributed by atoms with E-state index in [0.717, 1.165) is 33.8 Å². The lowest BCUT2D eigenvalue weighted by Gasteiger charge is -2.30. The fourth-order valence-electron chi connectivity index (χ4n) is 4.80. The lowest BCUT2D eigenvalue weighted by atomic mass is 9.85. The van der Waals surface area contributed by atoms with Crippen molar-refractivity contribution in [3.8, 4) is 11.5 Å². The molecule has 0 spiro atoms. The van der Waals surface area contributed by atoms with Gasteiger partial charge in [0.2, 0.25) is 0 Å². The van der Waals surface area contributed by atoms with E-state index in [1.165, 1.54) is 28.0 Å². The number of rotatable bonds is 4. The number of allylic oxidation sites excluding steroid dienone is 1. The second kappa shape index (κ2) is 8.42. The number of nitrogens with zero attached hydrogens (tertiary/aromatic N) is 2. The molecule has 2 aromatic heterocycles. The monoisotopic (exact) mass is 486 g/mol. The van der Waals surface area contributed by atoms with Crippen LogP contribution in [0.3, 0.4) is 0 Å². The van der Waals surface area contributed by atoms with Crippen molar-refractivity contribution in [1.29, 1.82) is 0 Å². The zero-order chi connectivity index (χ0) is 23.2. The van der Waals surface area contributed by atoms with Crippen LogP contribution < -0.4 is 24.4 Å². The maximum absolute atomic E-state index is 13.8. The molecule has 170 valence electrons. The molecule has 4 aromatic rings. The van der Waals surface area contributed by atoms with Gasteiger partial charge in [0.15, 0.2) is 4.80 Å². The first kappa shape index (κ1) is 21.1. The molecule has 0 N–H and O–H groups in total. The van der Waals surface area contributed by atoms with Gasteiger partial charge in [-0.05, 0) is 53.6 Å². The number of thiophene rings is 1. The van der Waals surface area contributed by atoms with Crippen LogP contribution in [-0.2, 0) is 6.42 Å². The van der Waals surface area contributed by atoms with E-state index >= 15 is 0 Å². The van der Waals surface area contributed by atoms with Gasteiger partial charge in [-0.25, -0.2) is 4.99 Å². The van der Waals surface area contributed by atoms with E-state index in [0.29, 0.717) is 16.0 Å². The zero-order valence-corrected chi connectivity index (χ0v) is 20.4. The minimum absolute atomic E-state index is 0.0228. The molecule has 1 aliphatic heterocycles. The molecule has 1 atom stereocenters. The van der Waals surface area contributed by atoms with Crippen LogP contribution in [0.2, 0.25) is 0 Å². The molecule has 3 heterocycles. The molecule has 5 nitrogen and oxygen atoms in total. The lowest BCUT2D eigenvalue weighted by Crippen LogP contribution is -2.38. The molecule has 7 heteroatoms. The van der Waals surface area contributed by atoms with E-state index in [2.05, 4.69) is 41.8 Å². The highest BCUT2D eigenvalue weighted by Crippen LogP contribution is 2.42. The topological polar surface area (TPSA) is 52.8 Å². The summed E-state index contributed by atoms with van der Waals surface area (Å²) in [6.07, 6.45) is 3.75. The maximum Gasteiger partial charge on any atom is 0.271 e. The van der Waals surface area contributed by atoms with Gasteiger partial charge in [-0.3, -0.25) is 9.36 Å². The number of fused-ring (bicyclic) bond motifs is 3. The highest BCUT2D eigenvalue weighted by Gasteiger charge is 2.33. The standard InChI is InChI=1S/C27H22N2O3S2/c1-31-18-11-9-17(21(15-18)32-2)14-23-26(30)29-25(22-8-5-13-33-22)20-12-10-16-6-3-4-7-19(16)24(20)28-27(29)34-23/h3-9,11,13-15,25H,10,12H2,1-2H3/b23-14-. The largest absolute Gasteiger partial charge is 0.497 e. The third kappa shape index (κ3) is 3.35. The van der Waals surface area contributed by atoms with Crippen molar-refractivity contribution in [2.24, 2.45) is 4.99 Å². The predicted molar refractivity (Wildman–Crippen MR) is 137 cm³/mol. The first-order chi connectivity index (χ1) is 16.7. The van der Waals surface area contributed by atoms with E-state index in [1.54, 1.807) is 25.6 Å². The van der Waals surface area contributed by atoms with Crippen LogP contribution in [0.4, 0.5) is 0 Å². The van der Waals surface area contributed by atoms with Gasteiger partial charge in [0.05, 0.1) is 30.5 Å². The molecule has 0 radical (unpaired) electrons. The van der Waals surface area contributed by atoms with Crippen molar-refractivity contribution in [3.05, 3.63) is 107 Å². The molecule has 0 fully saturated rings. The Morgan fingerprint density at radius 2 is 1.94 bits per heavy atom. The van der Waals surface area contributed by atoms with Gasteiger partial charge in [-0.1, -0.05) is 41.7 Å². The highest BCUT2D eigenvalue weighted by molar-refractivity contribution is 7.10. The second-order valence-corrected chi connectivity index (χ2v) is 10.2. The summed E-state index contributed by atoms with van der Waals surface area (Å²) in [7, 11) is 3.24. The summed E-state index contributed by atoms with van der Waals surface area (Å²) in [5.74, 6) is 1.37. The minimum Gasteiger partial charge on any atom is -0.497 e. The van der Waals surface area contributed by atoms with Crippen LogP contribution in [0.1, 0.15) is 34.0 Å². The summed E-state index contributed by atoms with van der Waals surface area (Å²) >= 11 is 3.12. The first-order valence-electron chi connectivity index (χ1n) is 11.1. The molecule has 34 heavy (non-hydrogen) atoms. The number of hydrogen-bond acceptors (Lipinski definition) is 6. The Balaban J connectivity index is 1.59. The third-order valence-corrected chi connectivity index (χ3v) is 8.32. The summed E-state index contributed by atoms with van der Waals surface area (Å²) in [4.78, 5) is 20.7. The molecule has 0 saturated carbocycles. The number of ether oxygens (including phenoxy) is 2. The zero-order valence-electron chi connectivity index (χ0n) is 18.8. The van der Waals surface area contributed by atoms with E-state index in [9.17, 15) is 4.79 Å². The number of aryl methyl sites for hydroxylation is 1. The Bertz CT molecular complexity index is 1610. The van der Waals surface area contributed by atoms with Crippen molar-refractivity contribution in [3.63, 3.8) is 0 Å². The van der Waals surface area contributed by atoms with Gasteiger partial charge in [-0.2, -0.15) is 0 Å². The first-order valence-corrected chi connectivity index (χ1v) is 12.8. The van der Waals surface area contributed by atoms with Gasteiger partial charge in [0, 0.05) is 22.1 Å². The number of benzene rings is 2. The molecular weight excluding hydrogens is 464 g/mol. The van der Waals surface area contributed by atoms with Crippen molar-refractivity contribution in [2.45, 2.75) is 18.9 Å². The number of methoxy groups -OCH3 is 2. The van der Waals surface area contributed by atoms with Gasteiger partial charge >= 0.3 is 0 Å². The summed E-state index contributed by atoms with van der Waals surface area (Å²) < 4.78 is 13.4. The Morgan fingerprint density at radius 3 is 2.74 bits per heavy atom. The molecule has 0 saturated heterocycles. The van der Waals surface area contributed by atoms with E-state index in [4.69, 9.17) is 14.5 Å². The fraction of sp³-hybridized carbons (Fsp3) is 0.185. The summed E-state index contributed by atoms with van der Waals surface area (Å²) in [5.41, 5.74) is 5.55. The van der Waals surface area contributed by atoms with Crippen molar-refractivity contribution in [2.75, 3.05) is 14.2 Å². The Morgan fingerprint density at radius 1 is 1.06 bits per heavy atom. The number of hydrogen-bond donors (Lipinski definition) is 0. The van der Waals surface area contributed by atoms with E-state index in [1.807, 2.05) is 28.8 Å². The highest BCUT2D eigenvalue weighted by atomic mass is 32.1. The van der Waals surface area contributed by atoms with Gasteiger partial charge in [-0.15, -0.1) is 11.3 Å². The average molecular weight is 487 g/mol. The predicted octanol–water partition coefficient (Wildman–Crippen LogP) is 4.40. The van der Waals surface area contributed by atoms with Crippen molar-refractivity contribution < 1.29 is 9.47 Å². The molecule has 6 rings (SSSR count). The number of aromatic nitrogens is 1. The van der Waals surface area contributed by atoms with Crippen LogP contribution in [0.25, 0.3) is 11.8 Å². The van der Waals surface area contributed by atoms with Gasteiger partial charge in [0.25, 0.3) is 5.56 Å². The van der Waals surface area contributed by atoms with Crippen LogP contribution >= 0.6 is 22.7 Å². The van der Waals surface area contributed by atoms with E-state index in [-0.39, 0.29) is 11.6 Å². The number of thiazole rings is 1. The minimum atomic E-state index is -0.125. The third-order valence-electron chi connectivity index (χ3n) is 6.41. The molecular formula is C27H22N2O3S2. The van der Waals surface area contributed by atoms with Crippen LogP contribution in [0, 0.1) is 0 Å². The molecule has 2 aromatic carbocycles. The van der Waals surface area contributed by atoms with Crippen LogP contribution in [0.15, 0.2) is 75.3 Å². The van der Waals surface area contributed by atoms with Crippen LogP contribution in [0.5, 0.6) is 11.5 Å². The average Bonchev–Trinajstić information content (AvgIpc) is 3.51. The molecule has 0 amide bonds. The lowest BCUT2D eigenvalue weighted by molar-refractivity contribution is 0.393. The Kier molecular flexibility index (Phi) is 5.23.